The number of hydrogen-bond acceptors (Lipinski definition) is 6. The average Bonchev–Trinajstić information content (AvgIpc) is 3.04. The van der Waals surface area contributed by atoms with Crippen LogP contribution in [0.1, 0.15) is 22.7 Å². The van der Waals surface area contributed by atoms with Gasteiger partial charge >= 0.3 is 0 Å². The first-order chi connectivity index (χ1) is 15.0. The molecule has 156 valence electrons. The number of benzene rings is 1. The number of ketones is 1. The standard InChI is InChI=1S/C23H18BrN3O4/c1-31-18-7-6-15(10-17(18)24)21(28)19-20(16-5-3-9-26-12-16)27(23(30)22(19)29)13-14-4-2-8-25-11-14/h2-12,20,28H,13H2,1H3/b21-19-. The van der Waals surface area contributed by atoms with E-state index in [-0.39, 0.29) is 17.9 Å². The summed E-state index contributed by atoms with van der Waals surface area (Å²) in [5.74, 6) is -1.12. The third kappa shape index (κ3) is 3.94. The lowest BCUT2D eigenvalue weighted by molar-refractivity contribution is -0.140. The number of halogens is 1. The summed E-state index contributed by atoms with van der Waals surface area (Å²) in [5.41, 5.74) is 1.80. The van der Waals surface area contributed by atoms with Gasteiger partial charge in [-0.15, -0.1) is 0 Å². The van der Waals surface area contributed by atoms with Gasteiger partial charge in [-0.05, 0) is 57.4 Å². The molecule has 0 aliphatic carbocycles. The minimum absolute atomic E-state index is 0.0129. The van der Waals surface area contributed by atoms with Crippen molar-refractivity contribution in [3.05, 3.63) is 94.0 Å². The van der Waals surface area contributed by atoms with E-state index < -0.39 is 17.7 Å². The molecule has 1 unspecified atom stereocenters. The Kier molecular flexibility index (Phi) is 5.81. The first-order valence-corrected chi connectivity index (χ1v) is 10.2. The number of rotatable bonds is 5. The van der Waals surface area contributed by atoms with Gasteiger partial charge in [0.05, 0.1) is 23.2 Å². The second kappa shape index (κ2) is 8.69. The molecular formula is C23H18BrN3O4. The summed E-state index contributed by atoms with van der Waals surface area (Å²) in [6.07, 6.45) is 6.47. The summed E-state index contributed by atoms with van der Waals surface area (Å²) in [4.78, 5) is 35.6. The van der Waals surface area contributed by atoms with E-state index in [1.165, 1.54) is 12.0 Å². The van der Waals surface area contributed by atoms with E-state index in [2.05, 4.69) is 25.9 Å². The third-order valence-corrected chi connectivity index (χ3v) is 5.66. The fraction of sp³-hybridized carbons (Fsp3) is 0.130. The summed E-state index contributed by atoms with van der Waals surface area (Å²) in [6, 6.07) is 11.3. The molecule has 0 spiro atoms. The van der Waals surface area contributed by atoms with E-state index >= 15 is 0 Å². The first kappa shape index (κ1) is 20.7. The Balaban J connectivity index is 1.85. The molecule has 31 heavy (non-hydrogen) atoms. The molecule has 1 aromatic carbocycles. The minimum Gasteiger partial charge on any atom is -0.507 e. The molecule has 8 heteroatoms. The summed E-state index contributed by atoms with van der Waals surface area (Å²) in [7, 11) is 1.53. The smallest absolute Gasteiger partial charge is 0.295 e. The maximum absolute atomic E-state index is 13.0. The average molecular weight is 480 g/mol. The Bertz CT molecular complexity index is 1170. The largest absolute Gasteiger partial charge is 0.507 e. The van der Waals surface area contributed by atoms with Crippen molar-refractivity contribution in [3.63, 3.8) is 0 Å². The zero-order chi connectivity index (χ0) is 22.0. The van der Waals surface area contributed by atoms with Crippen molar-refractivity contribution >= 4 is 33.4 Å². The second-order valence-corrected chi connectivity index (χ2v) is 7.78. The maximum atomic E-state index is 13.0. The first-order valence-electron chi connectivity index (χ1n) is 9.42. The van der Waals surface area contributed by atoms with Gasteiger partial charge in [-0.2, -0.15) is 0 Å². The molecular weight excluding hydrogens is 462 g/mol. The number of Topliss-reactive ketones (excluding diaryl/α,β-unsaturated/α-hetero) is 1. The van der Waals surface area contributed by atoms with Crippen molar-refractivity contribution in [2.24, 2.45) is 0 Å². The zero-order valence-corrected chi connectivity index (χ0v) is 18.1. The van der Waals surface area contributed by atoms with Gasteiger partial charge in [0.1, 0.15) is 11.5 Å². The Hall–Kier alpha value is -3.52. The number of aromatic nitrogens is 2. The Labute approximate surface area is 187 Å². The van der Waals surface area contributed by atoms with E-state index in [0.29, 0.717) is 21.3 Å². The lowest BCUT2D eigenvalue weighted by Gasteiger charge is -2.25. The quantitative estimate of drug-likeness (QED) is 0.339. The van der Waals surface area contributed by atoms with Gasteiger partial charge in [0, 0.05) is 36.9 Å². The number of carbonyl (C=O) groups is 2. The lowest BCUT2D eigenvalue weighted by Crippen LogP contribution is -2.29. The molecule has 1 atom stereocenters. The summed E-state index contributed by atoms with van der Waals surface area (Å²) >= 11 is 3.39. The van der Waals surface area contributed by atoms with E-state index in [9.17, 15) is 14.7 Å². The van der Waals surface area contributed by atoms with Gasteiger partial charge in [0.25, 0.3) is 11.7 Å². The van der Waals surface area contributed by atoms with E-state index in [1.807, 2.05) is 6.07 Å². The highest BCUT2D eigenvalue weighted by Gasteiger charge is 2.46. The van der Waals surface area contributed by atoms with Crippen molar-refractivity contribution < 1.29 is 19.4 Å². The molecule has 3 heterocycles. The van der Waals surface area contributed by atoms with Crippen molar-refractivity contribution in [2.75, 3.05) is 7.11 Å². The number of likely N-dealkylation sites (tertiary alicyclic amines) is 1. The molecule has 4 rings (SSSR count). The molecule has 7 nitrogen and oxygen atoms in total. The second-order valence-electron chi connectivity index (χ2n) is 6.92. The van der Waals surface area contributed by atoms with Gasteiger partial charge < -0.3 is 14.7 Å². The molecule has 0 saturated carbocycles. The molecule has 3 aromatic rings. The fourth-order valence-electron chi connectivity index (χ4n) is 3.58. The lowest BCUT2D eigenvalue weighted by atomic mass is 9.96. The minimum atomic E-state index is -0.783. The van der Waals surface area contributed by atoms with Crippen molar-refractivity contribution in [2.45, 2.75) is 12.6 Å². The molecule has 1 N–H and O–H groups in total. The molecule has 1 saturated heterocycles. The van der Waals surface area contributed by atoms with Crippen molar-refractivity contribution in [1.82, 2.24) is 14.9 Å². The number of nitrogens with zero attached hydrogens (tertiary/aromatic N) is 3. The maximum Gasteiger partial charge on any atom is 0.295 e. The number of aliphatic hydroxyl groups is 1. The summed E-state index contributed by atoms with van der Waals surface area (Å²) < 4.78 is 5.84. The SMILES string of the molecule is COc1ccc(/C(O)=C2/C(=O)C(=O)N(Cc3cccnc3)C2c2cccnc2)cc1Br. The number of pyridine rings is 2. The Morgan fingerprint density at radius 1 is 1.13 bits per heavy atom. The number of ether oxygens (including phenoxy) is 1. The van der Waals surface area contributed by atoms with Crippen LogP contribution in [0.15, 0.2) is 77.3 Å². The van der Waals surface area contributed by atoms with E-state index in [1.54, 1.807) is 61.2 Å². The van der Waals surface area contributed by atoms with Crippen LogP contribution in [0.3, 0.4) is 0 Å². The van der Waals surface area contributed by atoms with Crippen LogP contribution in [0, 0.1) is 0 Å². The predicted octanol–water partition coefficient (Wildman–Crippen LogP) is 3.87. The molecule has 1 fully saturated rings. The number of aliphatic hydroxyl groups excluding tert-OH is 1. The van der Waals surface area contributed by atoms with E-state index in [4.69, 9.17) is 4.74 Å². The van der Waals surface area contributed by atoms with Crippen LogP contribution in [0.25, 0.3) is 5.76 Å². The molecule has 1 aliphatic heterocycles. The van der Waals surface area contributed by atoms with E-state index in [0.717, 1.165) is 5.56 Å². The predicted molar refractivity (Wildman–Crippen MR) is 117 cm³/mol. The Morgan fingerprint density at radius 2 is 1.87 bits per heavy atom. The number of amides is 1. The van der Waals surface area contributed by atoms with Crippen molar-refractivity contribution in [1.29, 1.82) is 0 Å². The number of methoxy groups -OCH3 is 1. The summed E-state index contributed by atoms with van der Waals surface area (Å²) in [6.45, 7) is 0.168. The van der Waals surface area contributed by atoms with Crippen LogP contribution in [0.2, 0.25) is 0 Å². The highest BCUT2D eigenvalue weighted by atomic mass is 79.9. The van der Waals surface area contributed by atoms with Gasteiger partial charge in [-0.1, -0.05) is 12.1 Å². The molecule has 1 amide bonds. The van der Waals surface area contributed by atoms with Crippen LogP contribution in [-0.4, -0.2) is 38.8 Å². The third-order valence-electron chi connectivity index (χ3n) is 5.04. The molecule has 0 radical (unpaired) electrons. The van der Waals surface area contributed by atoms with Crippen LogP contribution >= 0.6 is 15.9 Å². The monoisotopic (exact) mass is 479 g/mol. The van der Waals surface area contributed by atoms with Crippen LogP contribution in [0.4, 0.5) is 0 Å². The fourth-order valence-corrected chi connectivity index (χ4v) is 4.13. The topological polar surface area (TPSA) is 92.6 Å². The molecule has 2 aromatic heterocycles. The number of carbonyl (C=O) groups excluding carboxylic acids is 2. The molecule has 1 aliphatic rings. The van der Waals surface area contributed by atoms with Gasteiger partial charge in [0.15, 0.2) is 0 Å². The zero-order valence-electron chi connectivity index (χ0n) is 16.5. The Morgan fingerprint density at radius 3 is 2.48 bits per heavy atom. The number of hydrogen-bond donors (Lipinski definition) is 1. The van der Waals surface area contributed by atoms with Gasteiger partial charge in [-0.25, -0.2) is 0 Å². The normalized spacial score (nSPS) is 17.7. The van der Waals surface area contributed by atoms with Gasteiger partial charge in [-0.3, -0.25) is 19.6 Å². The van der Waals surface area contributed by atoms with Gasteiger partial charge in [0.2, 0.25) is 0 Å². The highest BCUT2D eigenvalue weighted by Crippen LogP contribution is 2.40. The summed E-state index contributed by atoms with van der Waals surface area (Å²) in [5, 5.41) is 11.1. The van der Waals surface area contributed by atoms with Crippen LogP contribution in [-0.2, 0) is 16.1 Å². The van der Waals surface area contributed by atoms with Crippen LogP contribution in [0.5, 0.6) is 5.75 Å². The van der Waals surface area contributed by atoms with Crippen molar-refractivity contribution in [3.8, 4) is 5.75 Å². The van der Waals surface area contributed by atoms with Crippen LogP contribution < -0.4 is 4.74 Å². The molecule has 0 bridgehead atoms. The highest BCUT2D eigenvalue weighted by molar-refractivity contribution is 9.10.